The van der Waals surface area contributed by atoms with Crippen LogP contribution in [0.25, 0.3) is 0 Å². The standard InChI is InChI=1S/C17H32N2O4/c1-3-18-12-15-4-6-16(7-5-15)17(21)19-8-9-22-10-11-23-13-14(2)20/h15-16,18H,3-13H2,1-2H3,(H,19,21). The number of rotatable bonds is 12. The van der Waals surface area contributed by atoms with E-state index in [1.54, 1.807) is 0 Å². The fraction of sp³-hybridized carbons (Fsp3) is 0.882. The van der Waals surface area contributed by atoms with Gasteiger partial charge in [0.2, 0.25) is 5.91 Å². The molecule has 0 aromatic carbocycles. The minimum atomic E-state index is 0.0115. The lowest BCUT2D eigenvalue weighted by atomic mass is 9.81. The van der Waals surface area contributed by atoms with Crippen molar-refractivity contribution in [3.63, 3.8) is 0 Å². The first-order chi connectivity index (χ1) is 11.1. The maximum atomic E-state index is 12.1. The maximum absolute atomic E-state index is 12.1. The molecule has 0 spiro atoms. The molecule has 0 saturated heterocycles. The van der Waals surface area contributed by atoms with Gasteiger partial charge in [0.15, 0.2) is 5.78 Å². The first-order valence-electron chi connectivity index (χ1n) is 8.76. The molecular formula is C17H32N2O4. The van der Waals surface area contributed by atoms with Gasteiger partial charge in [0.25, 0.3) is 0 Å². The predicted molar refractivity (Wildman–Crippen MR) is 89.3 cm³/mol. The lowest BCUT2D eigenvalue weighted by Crippen LogP contribution is -2.36. The van der Waals surface area contributed by atoms with Crippen molar-refractivity contribution in [1.82, 2.24) is 10.6 Å². The minimum Gasteiger partial charge on any atom is -0.377 e. The summed E-state index contributed by atoms with van der Waals surface area (Å²) in [5.41, 5.74) is 0. The van der Waals surface area contributed by atoms with Gasteiger partial charge in [-0.1, -0.05) is 6.92 Å². The van der Waals surface area contributed by atoms with Gasteiger partial charge in [-0.15, -0.1) is 0 Å². The molecule has 134 valence electrons. The van der Waals surface area contributed by atoms with Crippen LogP contribution in [0.5, 0.6) is 0 Å². The Bertz CT molecular complexity index is 341. The average molecular weight is 328 g/mol. The van der Waals surface area contributed by atoms with E-state index in [9.17, 15) is 9.59 Å². The monoisotopic (exact) mass is 328 g/mol. The molecule has 1 saturated carbocycles. The summed E-state index contributed by atoms with van der Waals surface area (Å²) in [5.74, 6) is 1.05. The Morgan fingerprint density at radius 1 is 1.04 bits per heavy atom. The van der Waals surface area contributed by atoms with E-state index >= 15 is 0 Å². The number of ketones is 1. The summed E-state index contributed by atoms with van der Waals surface area (Å²) in [6.07, 6.45) is 4.24. The van der Waals surface area contributed by atoms with Gasteiger partial charge in [-0.25, -0.2) is 0 Å². The Labute approximate surface area is 139 Å². The van der Waals surface area contributed by atoms with Crippen LogP contribution in [0.1, 0.15) is 39.5 Å². The molecule has 0 aromatic rings. The quantitative estimate of drug-likeness (QED) is 0.525. The Balaban J connectivity index is 1.97. The Kier molecular flexibility index (Phi) is 10.9. The van der Waals surface area contributed by atoms with E-state index in [1.807, 2.05) is 0 Å². The van der Waals surface area contributed by atoms with Gasteiger partial charge in [0.05, 0.1) is 19.8 Å². The van der Waals surface area contributed by atoms with Crippen molar-refractivity contribution < 1.29 is 19.1 Å². The molecule has 0 heterocycles. The minimum absolute atomic E-state index is 0.0115. The van der Waals surface area contributed by atoms with Crippen molar-refractivity contribution in [2.75, 3.05) is 46.1 Å². The van der Waals surface area contributed by atoms with Crippen molar-refractivity contribution in [2.45, 2.75) is 39.5 Å². The topological polar surface area (TPSA) is 76.7 Å². The van der Waals surface area contributed by atoms with Crippen LogP contribution >= 0.6 is 0 Å². The van der Waals surface area contributed by atoms with Crippen LogP contribution in [-0.4, -0.2) is 57.8 Å². The average Bonchev–Trinajstić information content (AvgIpc) is 2.55. The van der Waals surface area contributed by atoms with Crippen LogP contribution in [0.4, 0.5) is 0 Å². The molecule has 0 bridgehead atoms. The second-order valence-corrected chi connectivity index (χ2v) is 6.18. The summed E-state index contributed by atoms with van der Waals surface area (Å²) in [6, 6.07) is 0. The Morgan fingerprint density at radius 2 is 1.74 bits per heavy atom. The highest BCUT2D eigenvalue weighted by Gasteiger charge is 2.25. The second-order valence-electron chi connectivity index (χ2n) is 6.18. The highest BCUT2D eigenvalue weighted by molar-refractivity contribution is 5.78. The number of nitrogens with one attached hydrogen (secondary N) is 2. The van der Waals surface area contributed by atoms with E-state index in [1.165, 1.54) is 6.92 Å². The first kappa shape index (κ1) is 20.1. The molecule has 1 rings (SSSR count). The third-order valence-electron chi connectivity index (χ3n) is 4.12. The third-order valence-corrected chi connectivity index (χ3v) is 4.12. The van der Waals surface area contributed by atoms with Crippen LogP contribution in [-0.2, 0) is 19.1 Å². The number of amides is 1. The zero-order valence-corrected chi connectivity index (χ0v) is 14.6. The summed E-state index contributed by atoms with van der Waals surface area (Å²) in [4.78, 5) is 22.7. The normalized spacial score (nSPS) is 21.1. The number of hydrogen-bond acceptors (Lipinski definition) is 5. The molecule has 0 atom stereocenters. The van der Waals surface area contributed by atoms with Gasteiger partial charge < -0.3 is 20.1 Å². The van der Waals surface area contributed by atoms with E-state index in [4.69, 9.17) is 9.47 Å². The molecule has 1 amide bonds. The highest BCUT2D eigenvalue weighted by atomic mass is 16.5. The zero-order valence-electron chi connectivity index (χ0n) is 14.6. The van der Waals surface area contributed by atoms with Gasteiger partial charge in [-0.3, -0.25) is 9.59 Å². The van der Waals surface area contributed by atoms with Crippen molar-refractivity contribution in [1.29, 1.82) is 0 Å². The van der Waals surface area contributed by atoms with Crippen molar-refractivity contribution >= 4 is 11.7 Å². The molecule has 2 N–H and O–H groups in total. The molecule has 1 aliphatic rings. The van der Waals surface area contributed by atoms with Crippen LogP contribution < -0.4 is 10.6 Å². The predicted octanol–water partition coefficient (Wildman–Crippen LogP) is 1.14. The lowest BCUT2D eigenvalue weighted by Gasteiger charge is -2.27. The van der Waals surface area contributed by atoms with Gasteiger partial charge in [-0.05, 0) is 51.6 Å². The SMILES string of the molecule is CCNCC1CCC(C(=O)NCCOCCOCC(C)=O)CC1. The van der Waals surface area contributed by atoms with E-state index in [2.05, 4.69) is 17.6 Å². The number of carbonyl (C=O) groups excluding carboxylic acids is 2. The Morgan fingerprint density at radius 3 is 2.39 bits per heavy atom. The maximum Gasteiger partial charge on any atom is 0.223 e. The highest BCUT2D eigenvalue weighted by Crippen LogP contribution is 2.28. The lowest BCUT2D eigenvalue weighted by molar-refractivity contribution is -0.126. The van der Waals surface area contributed by atoms with E-state index in [0.717, 1.165) is 44.7 Å². The van der Waals surface area contributed by atoms with Crippen molar-refractivity contribution in [2.24, 2.45) is 11.8 Å². The van der Waals surface area contributed by atoms with Gasteiger partial charge in [0.1, 0.15) is 6.61 Å². The smallest absolute Gasteiger partial charge is 0.223 e. The molecule has 0 aliphatic heterocycles. The van der Waals surface area contributed by atoms with Gasteiger partial charge >= 0.3 is 0 Å². The molecule has 0 aromatic heterocycles. The number of ether oxygens (including phenoxy) is 2. The number of Topliss-reactive ketones (excluding diaryl/α,β-unsaturated/α-hetero) is 1. The van der Waals surface area contributed by atoms with Gasteiger partial charge in [-0.2, -0.15) is 0 Å². The number of hydrogen-bond donors (Lipinski definition) is 2. The largest absolute Gasteiger partial charge is 0.377 e. The second kappa shape index (κ2) is 12.4. The first-order valence-corrected chi connectivity index (χ1v) is 8.76. The summed E-state index contributed by atoms with van der Waals surface area (Å²) in [7, 11) is 0. The van der Waals surface area contributed by atoms with Crippen molar-refractivity contribution in [3.8, 4) is 0 Å². The third kappa shape index (κ3) is 9.69. The molecule has 23 heavy (non-hydrogen) atoms. The van der Waals surface area contributed by atoms with E-state index in [0.29, 0.717) is 26.4 Å². The molecular weight excluding hydrogens is 296 g/mol. The summed E-state index contributed by atoms with van der Waals surface area (Å²) in [6.45, 7) is 7.69. The molecule has 1 aliphatic carbocycles. The summed E-state index contributed by atoms with van der Waals surface area (Å²) >= 11 is 0. The molecule has 0 radical (unpaired) electrons. The van der Waals surface area contributed by atoms with E-state index in [-0.39, 0.29) is 24.2 Å². The summed E-state index contributed by atoms with van der Waals surface area (Å²) < 4.78 is 10.4. The van der Waals surface area contributed by atoms with Crippen LogP contribution in [0, 0.1) is 11.8 Å². The molecule has 6 nitrogen and oxygen atoms in total. The van der Waals surface area contributed by atoms with Crippen LogP contribution in [0.2, 0.25) is 0 Å². The van der Waals surface area contributed by atoms with Crippen LogP contribution in [0.3, 0.4) is 0 Å². The molecule has 6 heteroatoms. The number of carbonyl (C=O) groups is 2. The van der Waals surface area contributed by atoms with E-state index < -0.39 is 0 Å². The zero-order chi connectivity index (χ0) is 16.9. The van der Waals surface area contributed by atoms with Gasteiger partial charge in [0, 0.05) is 12.5 Å². The molecule has 1 fully saturated rings. The van der Waals surface area contributed by atoms with Crippen molar-refractivity contribution in [3.05, 3.63) is 0 Å². The molecule has 0 unspecified atom stereocenters. The van der Waals surface area contributed by atoms with Crippen LogP contribution in [0.15, 0.2) is 0 Å². The summed E-state index contributed by atoms with van der Waals surface area (Å²) in [5, 5.41) is 6.33. The fourth-order valence-corrected chi connectivity index (χ4v) is 2.80. The Hall–Kier alpha value is -0.980. The fourth-order valence-electron chi connectivity index (χ4n) is 2.80.